The lowest BCUT2D eigenvalue weighted by molar-refractivity contribution is 0.355. The van der Waals surface area contributed by atoms with Crippen molar-refractivity contribution in [3.8, 4) is 0 Å². The van der Waals surface area contributed by atoms with Crippen LogP contribution in [0.4, 0.5) is 0 Å². The summed E-state index contributed by atoms with van der Waals surface area (Å²) in [4.78, 5) is 0. The third-order valence-corrected chi connectivity index (χ3v) is 2.21. The van der Waals surface area contributed by atoms with Crippen LogP contribution in [-0.4, -0.2) is 12.9 Å². The van der Waals surface area contributed by atoms with Gasteiger partial charge in [0.25, 0.3) is 0 Å². The second-order valence-corrected chi connectivity index (χ2v) is 11.2. The predicted octanol–water partition coefficient (Wildman–Crippen LogP) is 2.23. The molecule has 1 atom stereocenters. The summed E-state index contributed by atoms with van der Waals surface area (Å²) in [6.45, 7) is 4.49. The SMILES string of the molecule is CCO[Si](C)(Cl)Br. The van der Waals surface area contributed by atoms with E-state index in [1.165, 1.54) is 0 Å². The van der Waals surface area contributed by atoms with Gasteiger partial charge in [0.2, 0.25) is 0 Å². The fourth-order valence-corrected chi connectivity index (χ4v) is 1.77. The minimum atomic E-state index is -1.87. The molecule has 0 aromatic carbocycles. The summed E-state index contributed by atoms with van der Waals surface area (Å²) in [6.07, 6.45) is -1.87. The van der Waals surface area contributed by atoms with Crippen LogP contribution >= 0.6 is 26.4 Å². The van der Waals surface area contributed by atoms with Gasteiger partial charge < -0.3 is 4.43 Å². The Morgan fingerprint density at radius 1 is 1.86 bits per heavy atom. The molecule has 0 radical (unpaired) electrons. The number of rotatable bonds is 2. The largest absolute Gasteiger partial charge is 0.396 e. The smallest absolute Gasteiger partial charge is 0.359 e. The third-order valence-electron chi connectivity index (χ3n) is 0.398. The van der Waals surface area contributed by atoms with Crippen molar-refractivity contribution in [3.05, 3.63) is 0 Å². The lowest BCUT2D eigenvalue weighted by atomic mass is 10.9. The van der Waals surface area contributed by atoms with Gasteiger partial charge in [-0.05, 0) is 13.5 Å². The molecule has 4 heteroatoms. The molecule has 0 aliphatic heterocycles. The Bertz CT molecular complexity index is 53.4. The average Bonchev–Trinajstić information content (AvgIpc) is 1.30. The molecule has 0 N–H and O–H groups in total. The van der Waals surface area contributed by atoms with Gasteiger partial charge in [-0.1, -0.05) is 15.3 Å². The minimum absolute atomic E-state index is 0.692. The Kier molecular flexibility index (Phi) is 3.48. The molecule has 0 spiro atoms. The molecular weight excluding hydrogens is 195 g/mol. The summed E-state index contributed by atoms with van der Waals surface area (Å²) in [7, 11) is 0. The highest BCUT2D eigenvalue weighted by Gasteiger charge is 2.19. The van der Waals surface area contributed by atoms with Gasteiger partial charge in [0.05, 0.1) is 0 Å². The molecule has 0 saturated heterocycles. The Balaban J connectivity index is 3.15. The van der Waals surface area contributed by atoms with E-state index in [4.69, 9.17) is 15.5 Å². The fraction of sp³-hybridized carbons (Fsp3) is 1.00. The van der Waals surface area contributed by atoms with Gasteiger partial charge in [-0.3, -0.25) is 0 Å². The lowest BCUT2D eigenvalue weighted by Gasteiger charge is -2.08. The highest BCUT2D eigenvalue weighted by molar-refractivity contribution is 9.27. The second kappa shape index (κ2) is 3.07. The maximum atomic E-state index is 5.67. The molecule has 0 aromatic rings. The molecule has 0 bridgehead atoms. The van der Waals surface area contributed by atoms with E-state index < -0.39 is 6.25 Å². The first-order chi connectivity index (χ1) is 3.06. The van der Waals surface area contributed by atoms with E-state index in [1.807, 2.05) is 13.5 Å². The van der Waals surface area contributed by atoms with E-state index in [0.717, 1.165) is 0 Å². The summed E-state index contributed by atoms with van der Waals surface area (Å²) < 4.78 is 5.05. The molecule has 0 heterocycles. The Morgan fingerprint density at radius 3 is 2.29 bits per heavy atom. The van der Waals surface area contributed by atoms with Crippen molar-refractivity contribution in [1.82, 2.24) is 0 Å². The van der Waals surface area contributed by atoms with Crippen LogP contribution in [0.5, 0.6) is 0 Å². The zero-order chi connectivity index (χ0) is 5.91. The van der Waals surface area contributed by atoms with Crippen molar-refractivity contribution in [2.75, 3.05) is 6.61 Å². The summed E-state index contributed by atoms with van der Waals surface area (Å²) >= 11 is 8.89. The normalized spacial score (nSPS) is 18.9. The van der Waals surface area contributed by atoms with Crippen LogP contribution < -0.4 is 0 Å². The summed E-state index contributed by atoms with van der Waals surface area (Å²) in [6, 6.07) is 0. The van der Waals surface area contributed by atoms with Crippen LogP contribution in [0.1, 0.15) is 6.92 Å². The topological polar surface area (TPSA) is 9.23 Å². The van der Waals surface area contributed by atoms with Gasteiger partial charge in [-0.25, -0.2) is 0 Å². The zero-order valence-corrected chi connectivity index (χ0v) is 7.71. The average molecular weight is 204 g/mol. The number of hydrogen-bond donors (Lipinski definition) is 0. The van der Waals surface area contributed by atoms with Gasteiger partial charge >= 0.3 is 6.25 Å². The molecule has 7 heavy (non-hydrogen) atoms. The maximum absolute atomic E-state index is 5.67. The van der Waals surface area contributed by atoms with E-state index >= 15 is 0 Å². The van der Waals surface area contributed by atoms with Crippen LogP contribution in [0.25, 0.3) is 0 Å². The van der Waals surface area contributed by atoms with E-state index in [-0.39, 0.29) is 0 Å². The van der Waals surface area contributed by atoms with Crippen LogP contribution in [0.15, 0.2) is 0 Å². The van der Waals surface area contributed by atoms with E-state index in [0.29, 0.717) is 6.61 Å². The Hall–Kier alpha value is 0.947. The van der Waals surface area contributed by atoms with Crippen molar-refractivity contribution in [1.29, 1.82) is 0 Å². The highest BCUT2D eigenvalue weighted by Crippen LogP contribution is 2.16. The van der Waals surface area contributed by atoms with E-state index in [1.54, 1.807) is 0 Å². The van der Waals surface area contributed by atoms with Crippen molar-refractivity contribution in [3.63, 3.8) is 0 Å². The molecular formula is C3H8BrClOSi. The monoisotopic (exact) mass is 202 g/mol. The standard InChI is InChI=1S/C3H8BrClOSi/c1-3-6-7(2,4)5/h3H2,1-2H3. The maximum Gasteiger partial charge on any atom is 0.359 e. The van der Waals surface area contributed by atoms with E-state index in [2.05, 4.69) is 15.3 Å². The molecule has 44 valence electrons. The number of hydrogen-bond acceptors (Lipinski definition) is 1. The van der Waals surface area contributed by atoms with Crippen LogP contribution in [0, 0.1) is 0 Å². The molecule has 0 aromatic heterocycles. The van der Waals surface area contributed by atoms with Crippen molar-refractivity contribution in [2.45, 2.75) is 13.5 Å². The van der Waals surface area contributed by atoms with Crippen molar-refractivity contribution in [2.24, 2.45) is 0 Å². The molecule has 0 aliphatic carbocycles. The van der Waals surface area contributed by atoms with Gasteiger partial charge in [-0.15, -0.1) is 11.1 Å². The molecule has 0 saturated carbocycles. The van der Waals surface area contributed by atoms with Gasteiger partial charge in [-0.2, -0.15) is 0 Å². The van der Waals surface area contributed by atoms with Crippen molar-refractivity contribution < 1.29 is 4.43 Å². The molecule has 0 amide bonds. The molecule has 1 unspecified atom stereocenters. The van der Waals surface area contributed by atoms with Crippen molar-refractivity contribution >= 4 is 32.6 Å². The highest BCUT2D eigenvalue weighted by atomic mass is 79.9. The van der Waals surface area contributed by atoms with Gasteiger partial charge in [0, 0.05) is 6.61 Å². The minimum Gasteiger partial charge on any atom is -0.396 e. The van der Waals surface area contributed by atoms with Gasteiger partial charge in [0.1, 0.15) is 0 Å². The second-order valence-electron chi connectivity index (χ2n) is 1.24. The summed E-state index contributed by atoms with van der Waals surface area (Å²) in [5.74, 6) is 0. The quantitative estimate of drug-likeness (QED) is 0.494. The number of halogens is 2. The first-order valence-corrected chi connectivity index (χ1v) is 7.75. The summed E-state index contributed by atoms with van der Waals surface area (Å²) in [5, 5.41) is 0. The molecule has 0 aliphatic rings. The van der Waals surface area contributed by atoms with E-state index in [9.17, 15) is 0 Å². The predicted molar refractivity (Wildman–Crippen MR) is 38.0 cm³/mol. The lowest BCUT2D eigenvalue weighted by Crippen LogP contribution is -2.17. The third kappa shape index (κ3) is 6.95. The molecule has 0 rings (SSSR count). The molecule has 1 nitrogen and oxygen atoms in total. The van der Waals surface area contributed by atoms with Crippen LogP contribution in [0.3, 0.4) is 0 Å². The van der Waals surface area contributed by atoms with Crippen LogP contribution in [0.2, 0.25) is 6.55 Å². The van der Waals surface area contributed by atoms with Crippen LogP contribution in [-0.2, 0) is 4.43 Å². The summed E-state index contributed by atoms with van der Waals surface area (Å²) in [5.41, 5.74) is 0. The fourth-order valence-electron chi connectivity index (χ4n) is 0.253. The molecule has 0 fully saturated rings. The first-order valence-electron chi connectivity index (χ1n) is 2.08. The Labute approximate surface area is 57.4 Å². The Morgan fingerprint density at radius 2 is 2.29 bits per heavy atom. The first kappa shape index (κ1) is 7.95. The van der Waals surface area contributed by atoms with Gasteiger partial charge in [0.15, 0.2) is 0 Å². The zero-order valence-electron chi connectivity index (χ0n) is 4.37.